The molecule has 0 saturated carbocycles. The quantitative estimate of drug-likeness (QED) is 0.844. The van der Waals surface area contributed by atoms with E-state index in [0.717, 1.165) is 17.7 Å². The molecule has 1 atom stereocenters. The number of rotatable bonds is 5. The summed E-state index contributed by atoms with van der Waals surface area (Å²) in [7, 11) is 1.63. The van der Waals surface area contributed by atoms with Gasteiger partial charge in [-0.25, -0.2) is 4.79 Å². The third-order valence-electron chi connectivity index (χ3n) is 2.96. The highest BCUT2D eigenvalue weighted by atomic mass is 16.5. The summed E-state index contributed by atoms with van der Waals surface area (Å²) < 4.78 is 5.04. The van der Waals surface area contributed by atoms with Gasteiger partial charge in [-0.05, 0) is 43.5 Å². The minimum absolute atomic E-state index is 0.0431. The van der Waals surface area contributed by atoms with Crippen molar-refractivity contribution in [1.29, 1.82) is 0 Å². The van der Waals surface area contributed by atoms with E-state index in [-0.39, 0.29) is 12.1 Å². The van der Waals surface area contributed by atoms with Gasteiger partial charge in [0.15, 0.2) is 0 Å². The highest BCUT2D eigenvalue weighted by Crippen LogP contribution is 2.13. The third kappa shape index (κ3) is 4.37. The number of benzene rings is 1. The fourth-order valence-corrected chi connectivity index (χ4v) is 1.63. The molecule has 0 saturated heterocycles. The van der Waals surface area contributed by atoms with Crippen LogP contribution in [0.3, 0.4) is 0 Å². The topological polar surface area (TPSA) is 50.4 Å². The number of ether oxygens (including phenoxy) is 1. The van der Waals surface area contributed by atoms with Gasteiger partial charge < -0.3 is 15.4 Å². The summed E-state index contributed by atoms with van der Waals surface area (Å²) in [6, 6.07) is 5.71. The number of hydrogen-bond donors (Lipinski definition) is 2. The van der Waals surface area contributed by atoms with Crippen LogP contribution in [0.2, 0.25) is 0 Å². The molecule has 1 rings (SSSR count). The minimum Gasteiger partial charge on any atom is -0.383 e. The highest BCUT2D eigenvalue weighted by Gasteiger charge is 2.10. The van der Waals surface area contributed by atoms with Crippen LogP contribution in [0, 0.1) is 13.8 Å². The predicted molar refractivity (Wildman–Crippen MR) is 74.0 cm³/mol. The molecule has 4 heteroatoms. The van der Waals surface area contributed by atoms with Crippen molar-refractivity contribution in [2.75, 3.05) is 19.0 Å². The number of nitrogens with one attached hydrogen (secondary N) is 2. The zero-order chi connectivity index (χ0) is 13.5. The molecule has 0 aliphatic heterocycles. The molecule has 100 valence electrons. The van der Waals surface area contributed by atoms with E-state index in [0.29, 0.717) is 6.61 Å². The Morgan fingerprint density at radius 2 is 2.06 bits per heavy atom. The number of carbonyl (C=O) groups is 1. The Labute approximate surface area is 109 Å². The molecular weight excluding hydrogens is 228 g/mol. The minimum atomic E-state index is -0.192. The first-order valence-electron chi connectivity index (χ1n) is 6.20. The van der Waals surface area contributed by atoms with Gasteiger partial charge in [-0.1, -0.05) is 13.0 Å². The normalized spacial score (nSPS) is 12.0. The van der Waals surface area contributed by atoms with Crippen LogP contribution < -0.4 is 10.6 Å². The lowest BCUT2D eigenvalue weighted by Gasteiger charge is -2.16. The van der Waals surface area contributed by atoms with Crippen LogP contribution in [-0.4, -0.2) is 25.8 Å². The highest BCUT2D eigenvalue weighted by molar-refractivity contribution is 5.89. The van der Waals surface area contributed by atoms with E-state index in [1.165, 1.54) is 5.56 Å². The summed E-state index contributed by atoms with van der Waals surface area (Å²) >= 11 is 0. The molecule has 0 spiro atoms. The van der Waals surface area contributed by atoms with E-state index < -0.39 is 0 Å². The van der Waals surface area contributed by atoms with Crippen molar-refractivity contribution in [3.8, 4) is 0 Å². The number of aryl methyl sites for hydroxylation is 2. The van der Waals surface area contributed by atoms with E-state index >= 15 is 0 Å². The van der Waals surface area contributed by atoms with Crippen molar-refractivity contribution in [3.63, 3.8) is 0 Å². The van der Waals surface area contributed by atoms with E-state index in [9.17, 15) is 4.79 Å². The van der Waals surface area contributed by atoms with Gasteiger partial charge in [0.05, 0.1) is 12.6 Å². The molecular formula is C14H22N2O2. The molecule has 4 nitrogen and oxygen atoms in total. The molecule has 2 amide bonds. The largest absolute Gasteiger partial charge is 0.383 e. The molecule has 1 aromatic rings. The fourth-order valence-electron chi connectivity index (χ4n) is 1.63. The first kappa shape index (κ1) is 14.5. The monoisotopic (exact) mass is 250 g/mol. The van der Waals surface area contributed by atoms with Gasteiger partial charge >= 0.3 is 6.03 Å². The number of anilines is 1. The molecule has 0 aromatic heterocycles. The maximum Gasteiger partial charge on any atom is 0.319 e. The smallest absolute Gasteiger partial charge is 0.319 e. The average molecular weight is 250 g/mol. The second-order valence-corrected chi connectivity index (χ2v) is 4.46. The lowest BCUT2D eigenvalue weighted by atomic mass is 10.1. The number of carbonyl (C=O) groups excluding carboxylic acids is 1. The van der Waals surface area contributed by atoms with Crippen LogP contribution >= 0.6 is 0 Å². The van der Waals surface area contributed by atoms with Gasteiger partial charge in [-0.15, -0.1) is 0 Å². The Hall–Kier alpha value is -1.55. The first-order chi connectivity index (χ1) is 8.56. The van der Waals surface area contributed by atoms with Gasteiger partial charge in [0.1, 0.15) is 0 Å². The summed E-state index contributed by atoms with van der Waals surface area (Å²) in [5.41, 5.74) is 3.19. The maximum atomic E-state index is 11.8. The Morgan fingerprint density at radius 1 is 1.33 bits per heavy atom. The van der Waals surface area contributed by atoms with Gasteiger partial charge in [-0.3, -0.25) is 0 Å². The second kappa shape index (κ2) is 7.01. The van der Waals surface area contributed by atoms with Crippen molar-refractivity contribution in [2.24, 2.45) is 0 Å². The van der Waals surface area contributed by atoms with Crippen LogP contribution in [0.5, 0.6) is 0 Å². The number of hydrogen-bond acceptors (Lipinski definition) is 2. The fraction of sp³-hybridized carbons (Fsp3) is 0.500. The van der Waals surface area contributed by atoms with Crippen LogP contribution in [-0.2, 0) is 4.74 Å². The Morgan fingerprint density at radius 3 is 2.61 bits per heavy atom. The summed E-state index contributed by atoms with van der Waals surface area (Å²) in [4.78, 5) is 11.8. The summed E-state index contributed by atoms with van der Waals surface area (Å²) in [6.45, 7) is 6.61. The molecule has 2 N–H and O–H groups in total. The maximum absolute atomic E-state index is 11.8. The van der Waals surface area contributed by atoms with Gasteiger partial charge in [0, 0.05) is 12.8 Å². The average Bonchev–Trinajstić information content (AvgIpc) is 2.33. The Balaban J connectivity index is 2.55. The van der Waals surface area contributed by atoms with Crippen LogP contribution in [0.25, 0.3) is 0 Å². The van der Waals surface area contributed by atoms with E-state index in [4.69, 9.17) is 4.74 Å². The van der Waals surface area contributed by atoms with Gasteiger partial charge in [-0.2, -0.15) is 0 Å². The molecule has 1 aromatic carbocycles. The van der Waals surface area contributed by atoms with Crippen molar-refractivity contribution in [2.45, 2.75) is 33.2 Å². The Kier molecular flexibility index (Phi) is 5.65. The van der Waals surface area contributed by atoms with Crippen molar-refractivity contribution in [3.05, 3.63) is 29.3 Å². The van der Waals surface area contributed by atoms with Crippen LogP contribution in [0.15, 0.2) is 18.2 Å². The summed E-state index contributed by atoms with van der Waals surface area (Å²) in [5.74, 6) is 0. The molecule has 18 heavy (non-hydrogen) atoms. The van der Waals surface area contributed by atoms with E-state index in [1.54, 1.807) is 7.11 Å². The van der Waals surface area contributed by atoms with Crippen molar-refractivity contribution >= 4 is 11.7 Å². The number of urea groups is 1. The molecule has 1 unspecified atom stereocenters. The SMILES string of the molecule is CCC(COC)NC(=O)Nc1ccc(C)c(C)c1. The van der Waals surface area contributed by atoms with Crippen molar-refractivity contribution < 1.29 is 9.53 Å². The zero-order valence-electron chi connectivity index (χ0n) is 11.5. The second-order valence-electron chi connectivity index (χ2n) is 4.46. The van der Waals surface area contributed by atoms with E-state index in [1.807, 2.05) is 39.0 Å². The van der Waals surface area contributed by atoms with Crippen LogP contribution in [0.1, 0.15) is 24.5 Å². The lowest BCUT2D eigenvalue weighted by Crippen LogP contribution is -2.40. The van der Waals surface area contributed by atoms with Gasteiger partial charge in [0.2, 0.25) is 0 Å². The van der Waals surface area contributed by atoms with E-state index in [2.05, 4.69) is 10.6 Å². The standard InChI is InChI=1S/C14H22N2O2/c1-5-12(9-18-4)15-14(17)16-13-7-6-10(2)11(3)8-13/h6-8,12H,5,9H2,1-4H3,(H2,15,16,17). The number of methoxy groups -OCH3 is 1. The van der Waals surface area contributed by atoms with Gasteiger partial charge in [0.25, 0.3) is 0 Å². The van der Waals surface area contributed by atoms with Crippen LogP contribution in [0.4, 0.5) is 10.5 Å². The summed E-state index contributed by atoms with van der Waals surface area (Å²) in [5, 5.41) is 5.70. The lowest BCUT2D eigenvalue weighted by molar-refractivity contribution is 0.165. The van der Waals surface area contributed by atoms with Crippen molar-refractivity contribution in [1.82, 2.24) is 5.32 Å². The molecule has 0 bridgehead atoms. The Bertz CT molecular complexity index is 405. The molecule has 0 fully saturated rings. The third-order valence-corrected chi connectivity index (χ3v) is 2.96. The first-order valence-corrected chi connectivity index (χ1v) is 6.20. The summed E-state index contributed by atoms with van der Waals surface area (Å²) in [6.07, 6.45) is 0.841. The molecule has 0 aliphatic carbocycles. The predicted octanol–water partition coefficient (Wildman–Crippen LogP) is 2.85. The molecule has 0 aliphatic rings. The molecule has 0 heterocycles. The number of amides is 2. The zero-order valence-corrected chi connectivity index (χ0v) is 11.5. The molecule has 0 radical (unpaired) electrons.